The Morgan fingerprint density at radius 2 is 1.88 bits per heavy atom. The topological polar surface area (TPSA) is 49.3 Å². The van der Waals surface area contributed by atoms with Crippen LogP contribution in [0.4, 0.5) is 10.3 Å². The first kappa shape index (κ1) is 16.4. The smallest absolute Gasteiger partial charge is 0.246 e. The minimum Gasteiger partial charge on any atom is -0.337 e. The molecular weight excluding hydrogens is 331 g/mol. The van der Waals surface area contributed by atoms with Crippen LogP contribution in [-0.4, -0.2) is 47.0 Å². The summed E-state index contributed by atoms with van der Waals surface area (Å²) >= 11 is 5.73. The maximum atomic E-state index is 13.1. The van der Waals surface area contributed by atoms with Crippen LogP contribution in [-0.2, 0) is 4.79 Å². The first-order valence-electron chi connectivity index (χ1n) is 7.57. The van der Waals surface area contributed by atoms with Crippen molar-refractivity contribution in [2.75, 3.05) is 31.1 Å². The van der Waals surface area contributed by atoms with Crippen LogP contribution in [0.1, 0.15) is 5.56 Å². The van der Waals surface area contributed by atoms with Gasteiger partial charge in [0, 0.05) is 44.6 Å². The Labute approximate surface area is 144 Å². The van der Waals surface area contributed by atoms with Gasteiger partial charge in [0.15, 0.2) is 0 Å². The van der Waals surface area contributed by atoms with Crippen molar-refractivity contribution in [1.82, 2.24) is 14.9 Å². The third kappa shape index (κ3) is 3.89. The molecule has 0 saturated carbocycles. The number of rotatable bonds is 3. The second-order valence-corrected chi connectivity index (χ2v) is 5.78. The Hall–Kier alpha value is -2.47. The molecule has 2 heterocycles. The van der Waals surface area contributed by atoms with E-state index in [-0.39, 0.29) is 10.9 Å². The number of piperazine rings is 1. The van der Waals surface area contributed by atoms with Gasteiger partial charge in [-0.3, -0.25) is 4.79 Å². The quantitative estimate of drug-likeness (QED) is 0.802. The molecule has 1 saturated heterocycles. The van der Waals surface area contributed by atoms with Crippen molar-refractivity contribution in [1.29, 1.82) is 0 Å². The Bertz CT molecular complexity index is 746. The predicted molar refractivity (Wildman–Crippen MR) is 91.3 cm³/mol. The molecule has 1 aliphatic rings. The van der Waals surface area contributed by atoms with E-state index >= 15 is 0 Å². The normalized spacial score (nSPS) is 15.1. The molecule has 1 amide bonds. The van der Waals surface area contributed by atoms with Crippen molar-refractivity contribution in [3.8, 4) is 0 Å². The Kier molecular flexibility index (Phi) is 5.05. The lowest BCUT2D eigenvalue weighted by Gasteiger charge is -2.34. The molecule has 0 N–H and O–H groups in total. The molecule has 5 nitrogen and oxygen atoms in total. The van der Waals surface area contributed by atoms with E-state index < -0.39 is 5.82 Å². The molecule has 0 aliphatic carbocycles. The summed E-state index contributed by atoms with van der Waals surface area (Å²) in [6, 6.07) is 6.13. The molecule has 124 valence electrons. The van der Waals surface area contributed by atoms with E-state index in [9.17, 15) is 9.18 Å². The van der Waals surface area contributed by atoms with E-state index in [1.165, 1.54) is 18.2 Å². The Morgan fingerprint density at radius 3 is 2.54 bits per heavy atom. The molecule has 0 spiro atoms. The number of anilines is 1. The summed E-state index contributed by atoms with van der Waals surface area (Å²) in [6.07, 6.45) is 6.53. The van der Waals surface area contributed by atoms with Crippen molar-refractivity contribution < 1.29 is 9.18 Å². The average molecular weight is 347 g/mol. The highest BCUT2D eigenvalue weighted by molar-refractivity contribution is 6.30. The van der Waals surface area contributed by atoms with Crippen molar-refractivity contribution >= 4 is 29.5 Å². The lowest BCUT2D eigenvalue weighted by atomic mass is 10.2. The van der Waals surface area contributed by atoms with Gasteiger partial charge in [-0.1, -0.05) is 17.7 Å². The van der Waals surface area contributed by atoms with Gasteiger partial charge in [-0.25, -0.2) is 14.4 Å². The first-order valence-corrected chi connectivity index (χ1v) is 7.95. The van der Waals surface area contributed by atoms with Crippen molar-refractivity contribution in [2.45, 2.75) is 0 Å². The molecular formula is C17H16ClFN4O. The van der Waals surface area contributed by atoms with Crippen LogP contribution in [0, 0.1) is 5.82 Å². The summed E-state index contributed by atoms with van der Waals surface area (Å²) in [7, 11) is 0. The van der Waals surface area contributed by atoms with Gasteiger partial charge >= 0.3 is 0 Å². The lowest BCUT2D eigenvalue weighted by molar-refractivity contribution is -0.126. The summed E-state index contributed by atoms with van der Waals surface area (Å²) < 4.78 is 13.1. The second-order valence-electron chi connectivity index (χ2n) is 5.37. The first-order chi connectivity index (χ1) is 11.6. The standard InChI is InChI=1S/C17H16ClFN4O/c18-14-12-13(2-4-15(14)19)3-5-16(24)22-8-10-23(11-9-22)17-20-6-1-7-21-17/h1-7,12H,8-11H2/b5-3+. The van der Waals surface area contributed by atoms with Crippen LogP contribution < -0.4 is 4.90 Å². The highest BCUT2D eigenvalue weighted by Crippen LogP contribution is 2.17. The van der Waals surface area contributed by atoms with Crippen molar-refractivity contribution in [2.24, 2.45) is 0 Å². The number of benzene rings is 1. The number of carbonyl (C=O) groups excluding carboxylic acids is 1. The maximum absolute atomic E-state index is 13.1. The average Bonchev–Trinajstić information content (AvgIpc) is 2.63. The van der Waals surface area contributed by atoms with E-state index in [1.54, 1.807) is 35.5 Å². The largest absolute Gasteiger partial charge is 0.337 e. The van der Waals surface area contributed by atoms with E-state index in [0.717, 1.165) is 0 Å². The number of carbonyl (C=O) groups is 1. The van der Waals surface area contributed by atoms with Crippen molar-refractivity contribution in [3.63, 3.8) is 0 Å². The van der Waals surface area contributed by atoms with E-state index in [0.29, 0.717) is 37.7 Å². The summed E-state index contributed by atoms with van der Waals surface area (Å²) in [4.78, 5) is 24.5. The number of halogens is 2. The van der Waals surface area contributed by atoms with E-state index in [4.69, 9.17) is 11.6 Å². The van der Waals surface area contributed by atoms with Gasteiger partial charge in [0.05, 0.1) is 5.02 Å². The molecule has 1 aliphatic heterocycles. The third-order valence-corrected chi connectivity index (χ3v) is 4.08. The highest BCUT2D eigenvalue weighted by atomic mass is 35.5. The zero-order chi connectivity index (χ0) is 16.9. The number of amides is 1. The predicted octanol–water partition coefficient (Wildman–Crippen LogP) is 2.63. The number of nitrogens with zero attached hydrogens (tertiary/aromatic N) is 4. The molecule has 0 radical (unpaired) electrons. The van der Waals surface area contributed by atoms with Gasteiger partial charge in [0.1, 0.15) is 5.82 Å². The zero-order valence-electron chi connectivity index (χ0n) is 12.9. The van der Waals surface area contributed by atoms with Gasteiger partial charge in [0.25, 0.3) is 0 Å². The Morgan fingerprint density at radius 1 is 1.17 bits per heavy atom. The molecule has 24 heavy (non-hydrogen) atoms. The lowest BCUT2D eigenvalue weighted by Crippen LogP contribution is -2.48. The summed E-state index contributed by atoms with van der Waals surface area (Å²) in [6.45, 7) is 2.58. The molecule has 0 unspecified atom stereocenters. The van der Waals surface area contributed by atoms with Crippen LogP contribution in [0.25, 0.3) is 6.08 Å². The number of aromatic nitrogens is 2. The SMILES string of the molecule is O=C(/C=C/c1ccc(F)c(Cl)c1)N1CCN(c2ncccn2)CC1. The van der Waals surface area contributed by atoms with Crippen LogP contribution >= 0.6 is 11.6 Å². The molecule has 7 heteroatoms. The highest BCUT2D eigenvalue weighted by Gasteiger charge is 2.20. The molecule has 3 rings (SSSR count). The Balaban J connectivity index is 1.57. The summed E-state index contributed by atoms with van der Waals surface area (Å²) in [5.74, 6) is 0.129. The van der Waals surface area contributed by atoms with Gasteiger partial charge in [-0.15, -0.1) is 0 Å². The minimum atomic E-state index is -0.473. The van der Waals surface area contributed by atoms with Crippen LogP contribution in [0.3, 0.4) is 0 Å². The molecule has 0 atom stereocenters. The van der Waals surface area contributed by atoms with Crippen LogP contribution in [0.15, 0.2) is 42.7 Å². The van der Waals surface area contributed by atoms with Crippen LogP contribution in [0.5, 0.6) is 0 Å². The van der Waals surface area contributed by atoms with Gasteiger partial charge in [-0.2, -0.15) is 0 Å². The minimum absolute atomic E-state index is 0.0427. The van der Waals surface area contributed by atoms with Crippen molar-refractivity contribution in [3.05, 3.63) is 59.1 Å². The third-order valence-electron chi connectivity index (χ3n) is 3.79. The fraction of sp³-hybridized carbons (Fsp3) is 0.235. The molecule has 1 fully saturated rings. The number of hydrogen-bond donors (Lipinski definition) is 0. The monoisotopic (exact) mass is 346 g/mol. The second kappa shape index (κ2) is 7.40. The zero-order valence-corrected chi connectivity index (χ0v) is 13.7. The van der Waals surface area contributed by atoms with Crippen LogP contribution in [0.2, 0.25) is 5.02 Å². The number of hydrogen-bond acceptors (Lipinski definition) is 4. The maximum Gasteiger partial charge on any atom is 0.246 e. The molecule has 1 aromatic heterocycles. The molecule has 0 bridgehead atoms. The fourth-order valence-electron chi connectivity index (χ4n) is 2.47. The van der Waals surface area contributed by atoms with Gasteiger partial charge < -0.3 is 9.80 Å². The molecule has 2 aromatic rings. The van der Waals surface area contributed by atoms with E-state index in [2.05, 4.69) is 9.97 Å². The summed E-state index contributed by atoms with van der Waals surface area (Å²) in [5, 5.41) is 0.0427. The van der Waals surface area contributed by atoms with E-state index in [1.807, 2.05) is 4.90 Å². The summed E-state index contributed by atoms with van der Waals surface area (Å²) in [5.41, 5.74) is 0.686. The van der Waals surface area contributed by atoms with Gasteiger partial charge in [0.2, 0.25) is 11.9 Å². The fourth-order valence-corrected chi connectivity index (χ4v) is 2.66. The van der Waals surface area contributed by atoms with Gasteiger partial charge in [-0.05, 0) is 29.8 Å². The molecule has 1 aromatic carbocycles.